The molecular formula is C12H17ClN2OS. The van der Waals surface area contributed by atoms with Crippen LogP contribution in [0.2, 0.25) is 5.15 Å². The second-order valence-corrected chi connectivity index (χ2v) is 5.04. The molecule has 1 heterocycles. The first kappa shape index (κ1) is 14.3. The van der Waals surface area contributed by atoms with Crippen LogP contribution >= 0.6 is 23.4 Å². The molecule has 0 bridgehead atoms. The van der Waals surface area contributed by atoms with Crippen molar-refractivity contribution >= 4 is 29.3 Å². The van der Waals surface area contributed by atoms with Crippen molar-refractivity contribution in [3.05, 3.63) is 28.5 Å². The Kier molecular flexibility index (Phi) is 6.37. The summed E-state index contributed by atoms with van der Waals surface area (Å²) in [5.41, 5.74) is 1.46. The Hall–Kier alpha value is -0.740. The second-order valence-electron chi connectivity index (χ2n) is 3.67. The Labute approximate surface area is 111 Å². The standard InChI is InChI=1S/C12H17ClN2OS/c1-3-4-10-7-9(8-11(13)15-10)12(16)14-5-6-17-2/h7-8H,3-6H2,1-2H3,(H,14,16). The molecule has 1 rings (SSSR count). The van der Waals surface area contributed by atoms with E-state index >= 15 is 0 Å². The average Bonchev–Trinajstić information content (AvgIpc) is 2.29. The third-order valence-electron chi connectivity index (χ3n) is 2.21. The lowest BCUT2D eigenvalue weighted by atomic mass is 10.1. The Morgan fingerprint density at radius 3 is 2.94 bits per heavy atom. The topological polar surface area (TPSA) is 42.0 Å². The van der Waals surface area contributed by atoms with Gasteiger partial charge >= 0.3 is 0 Å². The van der Waals surface area contributed by atoms with Crippen LogP contribution in [0.5, 0.6) is 0 Å². The van der Waals surface area contributed by atoms with Crippen molar-refractivity contribution in [1.29, 1.82) is 0 Å². The second kappa shape index (κ2) is 7.56. The van der Waals surface area contributed by atoms with Gasteiger partial charge in [-0.3, -0.25) is 4.79 Å². The summed E-state index contributed by atoms with van der Waals surface area (Å²) >= 11 is 7.60. The highest BCUT2D eigenvalue weighted by molar-refractivity contribution is 7.98. The molecule has 0 saturated carbocycles. The molecule has 0 spiro atoms. The number of rotatable bonds is 6. The highest BCUT2D eigenvalue weighted by Gasteiger charge is 2.08. The Morgan fingerprint density at radius 2 is 2.29 bits per heavy atom. The monoisotopic (exact) mass is 272 g/mol. The maximum atomic E-state index is 11.8. The van der Waals surface area contributed by atoms with Crippen LogP contribution in [0.25, 0.3) is 0 Å². The fourth-order valence-corrected chi connectivity index (χ4v) is 1.97. The summed E-state index contributed by atoms with van der Waals surface area (Å²) in [6.45, 7) is 2.74. The van der Waals surface area contributed by atoms with Gasteiger partial charge in [-0.15, -0.1) is 0 Å². The van der Waals surface area contributed by atoms with Crippen molar-refractivity contribution in [2.75, 3.05) is 18.6 Å². The van der Waals surface area contributed by atoms with E-state index in [2.05, 4.69) is 17.2 Å². The first-order chi connectivity index (χ1) is 8.17. The van der Waals surface area contributed by atoms with E-state index in [0.717, 1.165) is 24.3 Å². The highest BCUT2D eigenvalue weighted by Crippen LogP contribution is 2.12. The fraction of sp³-hybridized carbons (Fsp3) is 0.500. The molecule has 1 N–H and O–H groups in total. The maximum Gasteiger partial charge on any atom is 0.251 e. The predicted molar refractivity (Wildman–Crippen MR) is 74.0 cm³/mol. The number of hydrogen-bond donors (Lipinski definition) is 1. The molecule has 5 heteroatoms. The number of nitrogens with zero attached hydrogens (tertiary/aromatic N) is 1. The van der Waals surface area contributed by atoms with Crippen LogP contribution in [0.1, 0.15) is 29.4 Å². The minimum absolute atomic E-state index is 0.0827. The molecule has 0 atom stereocenters. The number of carbonyl (C=O) groups is 1. The third kappa shape index (κ3) is 4.96. The van der Waals surface area contributed by atoms with Crippen LogP contribution in [0.3, 0.4) is 0 Å². The van der Waals surface area contributed by atoms with Gasteiger partial charge in [-0.1, -0.05) is 24.9 Å². The molecule has 0 aromatic carbocycles. The molecule has 1 amide bonds. The Morgan fingerprint density at radius 1 is 1.53 bits per heavy atom. The number of hydrogen-bond acceptors (Lipinski definition) is 3. The number of aromatic nitrogens is 1. The summed E-state index contributed by atoms with van der Waals surface area (Å²) in [5.74, 6) is 0.826. The van der Waals surface area contributed by atoms with Crippen LogP contribution in [0, 0.1) is 0 Å². The van der Waals surface area contributed by atoms with E-state index in [9.17, 15) is 4.79 Å². The smallest absolute Gasteiger partial charge is 0.251 e. The molecule has 0 aliphatic heterocycles. The van der Waals surface area contributed by atoms with Gasteiger partial charge in [-0.2, -0.15) is 11.8 Å². The molecule has 3 nitrogen and oxygen atoms in total. The largest absolute Gasteiger partial charge is 0.351 e. The first-order valence-corrected chi connectivity index (χ1v) is 7.38. The quantitative estimate of drug-likeness (QED) is 0.640. The average molecular weight is 273 g/mol. The van der Waals surface area contributed by atoms with E-state index in [-0.39, 0.29) is 5.91 Å². The Bertz CT molecular complexity index is 385. The minimum Gasteiger partial charge on any atom is -0.351 e. The van der Waals surface area contributed by atoms with Gasteiger partial charge in [-0.25, -0.2) is 4.98 Å². The summed E-state index contributed by atoms with van der Waals surface area (Å²) in [7, 11) is 0. The number of aryl methyl sites for hydroxylation is 1. The van der Waals surface area contributed by atoms with Crippen LogP contribution in [0.15, 0.2) is 12.1 Å². The van der Waals surface area contributed by atoms with Gasteiger partial charge in [0.15, 0.2) is 0 Å². The lowest BCUT2D eigenvalue weighted by molar-refractivity contribution is 0.0956. The van der Waals surface area contributed by atoms with Crippen LogP contribution in [0.4, 0.5) is 0 Å². The van der Waals surface area contributed by atoms with Crippen molar-refractivity contribution in [3.8, 4) is 0 Å². The molecule has 0 aliphatic rings. The van der Waals surface area contributed by atoms with Crippen LogP contribution in [-0.4, -0.2) is 29.4 Å². The summed E-state index contributed by atoms with van der Waals surface area (Å²) in [4.78, 5) is 16.0. The van der Waals surface area contributed by atoms with Crippen molar-refractivity contribution in [1.82, 2.24) is 10.3 Å². The van der Waals surface area contributed by atoms with Gasteiger partial charge in [0, 0.05) is 23.6 Å². The van der Waals surface area contributed by atoms with Gasteiger partial charge < -0.3 is 5.32 Å². The van der Waals surface area contributed by atoms with Gasteiger partial charge in [-0.05, 0) is 24.8 Å². The fourth-order valence-electron chi connectivity index (χ4n) is 1.44. The molecule has 94 valence electrons. The number of carbonyl (C=O) groups excluding carboxylic acids is 1. The number of amides is 1. The zero-order valence-electron chi connectivity index (χ0n) is 10.1. The van der Waals surface area contributed by atoms with E-state index in [1.54, 1.807) is 17.8 Å². The molecule has 0 aliphatic carbocycles. The molecule has 17 heavy (non-hydrogen) atoms. The lowest BCUT2D eigenvalue weighted by Crippen LogP contribution is -2.25. The summed E-state index contributed by atoms with van der Waals surface area (Å²) < 4.78 is 0. The van der Waals surface area contributed by atoms with Crippen molar-refractivity contribution in [2.45, 2.75) is 19.8 Å². The van der Waals surface area contributed by atoms with Crippen molar-refractivity contribution in [2.24, 2.45) is 0 Å². The zero-order valence-corrected chi connectivity index (χ0v) is 11.7. The molecule has 0 radical (unpaired) electrons. The van der Waals surface area contributed by atoms with Crippen molar-refractivity contribution in [3.63, 3.8) is 0 Å². The minimum atomic E-state index is -0.0827. The molecule has 1 aromatic heterocycles. The number of nitrogens with one attached hydrogen (secondary N) is 1. The van der Waals surface area contributed by atoms with Crippen LogP contribution in [-0.2, 0) is 6.42 Å². The third-order valence-corrected chi connectivity index (χ3v) is 3.01. The summed E-state index contributed by atoms with van der Waals surface area (Å²) in [5, 5.41) is 3.23. The van der Waals surface area contributed by atoms with Gasteiger partial charge in [0.25, 0.3) is 5.91 Å². The van der Waals surface area contributed by atoms with Gasteiger partial charge in [0.05, 0.1) is 0 Å². The SMILES string of the molecule is CCCc1cc(C(=O)NCCSC)cc(Cl)n1. The van der Waals surface area contributed by atoms with Crippen LogP contribution < -0.4 is 5.32 Å². The van der Waals surface area contributed by atoms with E-state index < -0.39 is 0 Å². The normalized spacial score (nSPS) is 10.3. The molecule has 0 fully saturated rings. The number of thioether (sulfide) groups is 1. The first-order valence-electron chi connectivity index (χ1n) is 5.61. The zero-order chi connectivity index (χ0) is 12.7. The van der Waals surface area contributed by atoms with E-state index in [1.165, 1.54) is 0 Å². The van der Waals surface area contributed by atoms with Gasteiger partial charge in [0.1, 0.15) is 5.15 Å². The predicted octanol–water partition coefficient (Wildman–Crippen LogP) is 2.78. The highest BCUT2D eigenvalue weighted by atomic mass is 35.5. The molecule has 1 aromatic rings. The van der Waals surface area contributed by atoms with E-state index in [4.69, 9.17) is 11.6 Å². The molecule has 0 saturated heterocycles. The Balaban J connectivity index is 2.71. The summed E-state index contributed by atoms with van der Waals surface area (Å²) in [6.07, 6.45) is 3.83. The van der Waals surface area contributed by atoms with E-state index in [1.807, 2.05) is 12.3 Å². The van der Waals surface area contributed by atoms with E-state index in [0.29, 0.717) is 17.3 Å². The molecular weight excluding hydrogens is 256 g/mol. The van der Waals surface area contributed by atoms with Gasteiger partial charge in [0.2, 0.25) is 0 Å². The number of halogens is 1. The number of pyridine rings is 1. The maximum absolute atomic E-state index is 11.8. The summed E-state index contributed by atoms with van der Waals surface area (Å²) in [6, 6.07) is 3.42. The molecule has 0 unspecified atom stereocenters. The lowest BCUT2D eigenvalue weighted by Gasteiger charge is -2.06. The van der Waals surface area contributed by atoms with Crippen molar-refractivity contribution < 1.29 is 4.79 Å².